The molecule has 4 nitrogen and oxygen atoms in total. The monoisotopic (exact) mass is 372 g/mol. The van der Waals surface area contributed by atoms with E-state index >= 15 is 0 Å². The number of aryl methyl sites for hydroxylation is 1. The van der Waals surface area contributed by atoms with Crippen molar-refractivity contribution in [3.05, 3.63) is 27.7 Å². The standard InChI is InChI=1S/C13H18Cl2N2O2S.ClH/c1-9-5-6-11(14)13(12(9)15)20(18,19)17-7-3-4-10(8-17)16-2;/h5-6,10,16H,3-4,7-8H2,1-2H3;1H. The fraction of sp³-hybridized carbons (Fsp3) is 0.538. The molecule has 0 spiro atoms. The lowest BCUT2D eigenvalue weighted by Gasteiger charge is -2.32. The van der Waals surface area contributed by atoms with E-state index in [0.717, 1.165) is 12.8 Å². The number of rotatable bonds is 3. The van der Waals surface area contributed by atoms with Crippen LogP contribution < -0.4 is 5.32 Å². The summed E-state index contributed by atoms with van der Waals surface area (Å²) in [6.45, 7) is 2.71. The van der Waals surface area contributed by atoms with Gasteiger partial charge >= 0.3 is 0 Å². The van der Waals surface area contributed by atoms with E-state index in [1.54, 1.807) is 19.1 Å². The van der Waals surface area contributed by atoms with Crippen molar-refractivity contribution in [3.63, 3.8) is 0 Å². The Balaban J connectivity index is 0.00000220. The highest BCUT2D eigenvalue weighted by molar-refractivity contribution is 7.89. The average molecular weight is 374 g/mol. The van der Waals surface area contributed by atoms with Crippen molar-refractivity contribution in [2.24, 2.45) is 0 Å². The van der Waals surface area contributed by atoms with E-state index in [2.05, 4.69) is 5.32 Å². The van der Waals surface area contributed by atoms with Crippen LogP contribution >= 0.6 is 35.6 Å². The molecule has 1 heterocycles. The van der Waals surface area contributed by atoms with Crippen LogP contribution in [-0.4, -0.2) is 38.9 Å². The minimum Gasteiger partial charge on any atom is -0.316 e. The molecule has 0 saturated carbocycles. The van der Waals surface area contributed by atoms with E-state index < -0.39 is 10.0 Å². The maximum absolute atomic E-state index is 12.8. The van der Waals surface area contributed by atoms with Crippen LogP contribution in [0.2, 0.25) is 10.0 Å². The highest BCUT2D eigenvalue weighted by atomic mass is 35.5. The van der Waals surface area contributed by atoms with Crippen molar-refractivity contribution in [3.8, 4) is 0 Å². The first-order valence-electron chi connectivity index (χ1n) is 6.50. The topological polar surface area (TPSA) is 49.4 Å². The molecular formula is C13H19Cl3N2O2S. The Kier molecular flexibility index (Phi) is 6.78. The van der Waals surface area contributed by atoms with E-state index in [1.807, 2.05) is 7.05 Å². The molecule has 0 radical (unpaired) electrons. The maximum Gasteiger partial charge on any atom is 0.246 e. The second kappa shape index (κ2) is 7.49. The van der Waals surface area contributed by atoms with Gasteiger partial charge in [-0.05, 0) is 38.4 Å². The van der Waals surface area contributed by atoms with Crippen LogP contribution in [0, 0.1) is 6.92 Å². The van der Waals surface area contributed by atoms with Crippen molar-refractivity contribution in [1.82, 2.24) is 9.62 Å². The van der Waals surface area contributed by atoms with Crippen molar-refractivity contribution in [2.75, 3.05) is 20.1 Å². The fourth-order valence-electron chi connectivity index (χ4n) is 2.39. The Morgan fingerprint density at radius 2 is 2.00 bits per heavy atom. The lowest BCUT2D eigenvalue weighted by molar-refractivity contribution is 0.293. The molecule has 0 aliphatic carbocycles. The van der Waals surface area contributed by atoms with E-state index in [-0.39, 0.29) is 33.4 Å². The predicted molar refractivity (Wildman–Crippen MR) is 89.3 cm³/mol. The molecule has 1 aromatic rings. The van der Waals surface area contributed by atoms with Crippen molar-refractivity contribution >= 4 is 45.6 Å². The zero-order chi connectivity index (χ0) is 14.9. The van der Waals surface area contributed by atoms with Gasteiger partial charge in [-0.3, -0.25) is 0 Å². The molecule has 1 fully saturated rings. The first-order chi connectivity index (χ1) is 9.37. The van der Waals surface area contributed by atoms with Gasteiger partial charge in [0.25, 0.3) is 0 Å². The summed E-state index contributed by atoms with van der Waals surface area (Å²) in [5.74, 6) is 0. The molecule has 2 rings (SSSR count). The van der Waals surface area contributed by atoms with Gasteiger partial charge in [-0.2, -0.15) is 4.31 Å². The van der Waals surface area contributed by atoms with Gasteiger partial charge in [0, 0.05) is 19.1 Å². The molecule has 1 saturated heterocycles. The first-order valence-corrected chi connectivity index (χ1v) is 8.69. The van der Waals surface area contributed by atoms with Crippen molar-refractivity contribution < 1.29 is 8.42 Å². The number of hydrogen-bond acceptors (Lipinski definition) is 3. The summed E-state index contributed by atoms with van der Waals surface area (Å²) in [7, 11) is -1.82. The van der Waals surface area contributed by atoms with Crippen molar-refractivity contribution in [1.29, 1.82) is 0 Å². The third kappa shape index (κ3) is 3.84. The second-order valence-electron chi connectivity index (χ2n) is 5.00. The van der Waals surface area contributed by atoms with Gasteiger partial charge in [-0.25, -0.2) is 8.42 Å². The van der Waals surface area contributed by atoms with Gasteiger partial charge in [0.15, 0.2) is 0 Å². The smallest absolute Gasteiger partial charge is 0.246 e. The van der Waals surface area contributed by atoms with E-state index in [1.165, 1.54) is 4.31 Å². The van der Waals surface area contributed by atoms with Gasteiger partial charge in [-0.1, -0.05) is 29.3 Å². The number of halogens is 3. The minimum atomic E-state index is -3.66. The summed E-state index contributed by atoms with van der Waals surface area (Å²) in [5.41, 5.74) is 0.705. The Hall–Kier alpha value is -0.0400. The van der Waals surface area contributed by atoms with Crippen LogP contribution in [0.3, 0.4) is 0 Å². The third-order valence-corrected chi connectivity index (χ3v) is 6.61. The number of hydrogen-bond donors (Lipinski definition) is 1. The second-order valence-corrected chi connectivity index (χ2v) is 7.66. The van der Waals surface area contributed by atoms with E-state index in [4.69, 9.17) is 23.2 Å². The van der Waals surface area contributed by atoms with Crippen molar-refractivity contribution in [2.45, 2.75) is 30.7 Å². The average Bonchev–Trinajstić information content (AvgIpc) is 2.43. The SMILES string of the molecule is CNC1CCCN(S(=O)(=O)c2c(Cl)ccc(C)c2Cl)C1.Cl. The highest BCUT2D eigenvalue weighted by Gasteiger charge is 2.33. The number of piperidine rings is 1. The normalized spacial score (nSPS) is 20.1. The molecular weight excluding hydrogens is 355 g/mol. The molecule has 0 bridgehead atoms. The number of nitrogens with one attached hydrogen (secondary N) is 1. The molecule has 1 aromatic carbocycles. The molecule has 8 heteroatoms. The lowest BCUT2D eigenvalue weighted by Crippen LogP contribution is -2.46. The maximum atomic E-state index is 12.8. The number of nitrogens with zero attached hydrogens (tertiary/aromatic N) is 1. The zero-order valence-corrected chi connectivity index (χ0v) is 15.0. The van der Waals surface area contributed by atoms with Crippen LogP contribution in [0.4, 0.5) is 0 Å². The summed E-state index contributed by atoms with van der Waals surface area (Å²) >= 11 is 12.2. The van der Waals surface area contributed by atoms with Gasteiger partial charge in [0.2, 0.25) is 10.0 Å². The van der Waals surface area contributed by atoms with Gasteiger partial charge < -0.3 is 5.32 Å². The number of sulfonamides is 1. The molecule has 0 aromatic heterocycles. The Bertz CT molecular complexity index is 608. The molecule has 1 aliphatic rings. The molecule has 120 valence electrons. The quantitative estimate of drug-likeness (QED) is 0.885. The highest BCUT2D eigenvalue weighted by Crippen LogP contribution is 2.34. The fourth-order valence-corrected chi connectivity index (χ4v) is 5.05. The summed E-state index contributed by atoms with van der Waals surface area (Å²) < 4.78 is 27.0. The molecule has 1 atom stereocenters. The molecule has 0 amide bonds. The van der Waals surface area contributed by atoms with Crippen LogP contribution in [-0.2, 0) is 10.0 Å². The summed E-state index contributed by atoms with van der Waals surface area (Å²) in [4.78, 5) is 0.0255. The number of benzene rings is 1. The molecule has 1 N–H and O–H groups in total. The van der Waals surface area contributed by atoms with Crippen LogP contribution in [0.1, 0.15) is 18.4 Å². The van der Waals surface area contributed by atoms with Crippen LogP contribution in [0.5, 0.6) is 0 Å². The van der Waals surface area contributed by atoms with Gasteiger partial charge in [0.1, 0.15) is 4.90 Å². The summed E-state index contributed by atoms with van der Waals surface area (Å²) in [6, 6.07) is 3.46. The Morgan fingerprint density at radius 3 is 2.62 bits per heavy atom. The number of likely N-dealkylation sites (N-methyl/N-ethyl adjacent to an activating group) is 1. The molecule has 21 heavy (non-hydrogen) atoms. The lowest BCUT2D eigenvalue weighted by atomic mass is 10.1. The largest absolute Gasteiger partial charge is 0.316 e. The first kappa shape index (κ1) is 19.0. The molecule has 1 unspecified atom stereocenters. The predicted octanol–water partition coefficient (Wildman–Crippen LogP) is 3.10. The Labute approximate surface area is 142 Å². The Morgan fingerprint density at radius 1 is 1.33 bits per heavy atom. The minimum absolute atomic E-state index is 0. The van der Waals surface area contributed by atoms with Gasteiger partial charge in [-0.15, -0.1) is 12.4 Å². The summed E-state index contributed by atoms with van der Waals surface area (Å²) in [6.07, 6.45) is 1.80. The molecule has 1 aliphatic heterocycles. The van der Waals surface area contributed by atoms with Gasteiger partial charge in [0.05, 0.1) is 10.0 Å². The van der Waals surface area contributed by atoms with Crippen LogP contribution in [0.15, 0.2) is 17.0 Å². The van der Waals surface area contributed by atoms with E-state index in [0.29, 0.717) is 18.7 Å². The third-order valence-electron chi connectivity index (χ3n) is 3.63. The van der Waals surface area contributed by atoms with Crippen LogP contribution in [0.25, 0.3) is 0 Å². The van der Waals surface area contributed by atoms with E-state index in [9.17, 15) is 8.42 Å². The zero-order valence-electron chi connectivity index (χ0n) is 11.9. The summed E-state index contributed by atoms with van der Waals surface area (Å²) in [5, 5.41) is 3.51.